The van der Waals surface area contributed by atoms with Gasteiger partial charge in [-0.1, -0.05) is 6.07 Å². The van der Waals surface area contributed by atoms with Crippen molar-refractivity contribution in [2.45, 2.75) is 25.8 Å². The monoisotopic (exact) mass is 446 g/mol. The third kappa shape index (κ3) is 5.13. The van der Waals surface area contributed by atoms with E-state index in [9.17, 15) is 0 Å². The Morgan fingerprint density at radius 1 is 1.09 bits per heavy atom. The van der Waals surface area contributed by atoms with Gasteiger partial charge < -0.3 is 29.2 Å². The zero-order valence-electron chi connectivity index (χ0n) is 19.8. The molecule has 1 aromatic rings. The number of benzene rings is 1. The van der Waals surface area contributed by atoms with Gasteiger partial charge in [0, 0.05) is 44.7 Å². The van der Waals surface area contributed by atoms with Crippen LogP contribution in [-0.2, 0) is 9.47 Å². The second-order valence-corrected chi connectivity index (χ2v) is 8.95. The van der Waals surface area contributed by atoms with Gasteiger partial charge in [-0.3, -0.25) is 9.89 Å². The van der Waals surface area contributed by atoms with Crippen LogP contribution in [0.1, 0.15) is 31.4 Å². The summed E-state index contributed by atoms with van der Waals surface area (Å²) in [5.41, 5.74) is 1.50. The average molecular weight is 447 g/mol. The van der Waals surface area contributed by atoms with Crippen molar-refractivity contribution in [1.82, 2.24) is 15.1 Å². The van der Waals surface area contributed by atoms with Gasteiger partial charge in [-0.25, -0.2) is 0 Å². The molecule has 2 atom stereocenters. The van der Waals surface area contributed by atoms with Gasteiger partial charge in [0.1, 0.15) is 0 Å². The number of rotatable bonds is 7. The van der Waals surface area contributed by atoms with E-state index >= 15 is 0 Å². The molecular formula is C24H38N4O4. The second kappa shape index (κ2) is 10.7. The number of likely N-dealkylation sites (tertiary alicyclic amines) is 1. The fraction of sp³-hybridized carbons (Fsp3) is 0.708. The first-order valence-electron chi connectivity index (χ1n) is 11.8. The molecule has 3 aliphatic rings. The number of hydrogen-bond donors (Lipinski definition) is 1. The fourth-order valence-corrected chi connectivity index (χ4v) is 5.07. The first-order valence-corrected chi connectivity index (χ1v) is 11.8. The van der Waals surface area contributed by atoms with Gasteiger partial charge in [0.15, 0.2) is 17.5 Å². The van der Waals surface area contributed by atoms with Crippen molar-refractivity contribution in [3.63, 3.8) is 0 Å². The topological polar surface area (TPSA) is 67.8 Å². The Morgan fingerprint density at radius 3 is 2.59 bits per heavy atom. The molecule has 3 fully saturated rings. The Morgan fingerprint density at radius 2 is 1.91 bits per heavy atom. The number of nitrogens with one attached hydrogen (secondary N) is 1. The Labute approximate surface area is 191 Å². The summed E-state index contributed by atoms with van der Waals surface area (Å²) in [4.78, 5) is 10.0. The molecule has 0 radical (unpaired) electrons. The lowest BCUT2D eigenvalue weighted by atomic mass is 9.87. The molecular weight excluding hydrogens is 408 g/mol. The second-order valence-electron chi connectivity index (χ2n) is 8.95. The first kappa shape index (κ1) is 23.1. The average Bonchev–Trinajstić information content (AvgIpc) is 3.48. The number of methoxy groups -OCH3 is 2. The van der Waals surface area contributed by atoms with Gasteiger partial charge in [-0.15, -0.1) is 0 Å². The van der Waals surface area contributed by atoms with E-state index in [0.717, 1.165) is 83.0 Å². The number of aliphatic imine (C=N–C) groups is 1. The van der Waals surface area contributed by atoms with Crippen LogP contribution in [0.3, 0.4) is 0 Å². The standard InChI is InChI=1S/C24H38N4O4/c1-4-25-23(28-9-7-24(17-28)8-12-32-18-24)26-16-20(27-10-13-31-14-11-27)19-5-6-21(29-2)22(15-19)30-3/h5-6,15,20H,4,7-14,16-18H2,1-3H3,(H,25,26). The van der Waals surface area contributed by atoms with Crippen LogP contribution in [0.5, 0.6) is 11.5 Å². The Hall–Kier alpha value is -2.03. The van der Waals surface area contributed by atoms with Gasteiger partial charge in [-0.2, -0.15) is 0 Å². The van der Waals surface area contributed by atoms with E-state index in [1.807, 2.05) is 6.07 Å². The highest BCUT2D eigenvalue weighted by molar-refractivity contribution is 5.80. The van der Waals surface area contributed by atoms with Gasteiger partial charge in [0.25, 0.3) is 0 Å². The molecule has 0 bridgehead atoms. The molecule has 3 aliphatic heterocycles. The molecule has 0 saturated carbocycles. The van der Waals surface area contributed by atoms with E-state index in [1.54, 1.807) is 14.2 Å². The lowest BCUT2D eigenvalue weighted by Crippen LogP contribution is -2.43. The number of morpholine rings is 1. The predicted molar refractivity (Wildman–Crippen MR) is 125 cm³/mol. The Balaban J connectivity index is 1.56. The lowest BCUT2D eigenvalue weighted by molar-refractivity contribution is 0.0179. The molecule has 1 N–H and O–H groups in total. The summed E-state index contributed by atoms with van der Waals surface area (Å²) in [6.45, 7) is 10.8. The normalized spacial score (nSPS) is 25.3. The summed E-state index contributed by atoms with van der Waals surface area (Å²) < 4.78 is 22.4. The summed E-state index contributed by atoms with van der Waals surface area (Å²) in [5.74, 6) is 2.51. The van der Waals surface area contributed by atoms with E-state index in [-0.39, 0.29) is 6.04 Å². The van der Waals surface area contributed by atoms with Gasteiger partial charge >= 0.3 is 0 Å². The van der Waals surface area contributed by atoms with Crippen LogP contribution in [0.4, 0.5) is 0 Å². The minimum Gasteiger partial charge on any atom is -0.493 e. The van der Waals surface area contributed by atoms with E-state index < -0.39 is 0 Å². The van der Waals surface area contributed by atoms with Crippen molar-refractivity contribution in [1.29, 1.82) is 0 Å². The molecule has 3 saturated heterocycles. The Bertz CT molecular complexity index is 775. The van der Waals surface area contributed by atoms with Crippen LogP contribution in [0.25, 0.3) is 0 Å². The highest BCUT2D eigenvalue weighted by Gasteiger charge is 2.42. The summed E-state index contributed by atoms with van der Waals surface area (Å²) in [7, 11) is 3.35. The summed E-state index contributed by atoms with van der Waals surface area (Å²) in [5, 5.41) is 3.53. The number of guanidine groups is 1. The van der Waals surface area contributed by atoms with Crippen LogP contribution >= 0.6 is 0 Å². The van der Waals surface area contributed by atoms with E-state index in [0.29, 0.717) is 12.0 Å². The SMILES string of the molecule is CCNC(=NCC(c1ccc(OC)c(OC)c1)N1CCOCC1)N1CCC2(CCOC2)C1. The van der Waals surface area contributed by atoms with E-state index in [1.165, 1.54) is 12.0 Å². The maximum Gasteiger partial charge on any atom is 0.194 e. The van der Waals surface area contributed by atoms with Crippen molar-refractivity contribution in [3.05, 3.63) is 23.8 Å². The van der Waals surface area contributed by atoms with Crippen molar-refractivity contribution in [2.75, 3.05) is 79.9 Å². The molecule has 0 aromatic heterocycles. The molecule has 0 amide bonds. The van der Waals surface area contributed by atoms with E-state index in [4.69, 9.17) is 23.9 Å². The van der Waals surface area contributed by atoms with Crippen LogP contribution in [-0.4, -0.2) is 95.7 Å². The molecule has 1 spiro atoms. The molecule has 8 heteroatoms. The van der Waals surface area contributed by atoms with Crippen LogP contribution in [0, 0.1) is 5.41 Å². The largest absolute Gasteiger partial charge is 0.493 e. The number of hydrogen-bond acceptors (Lipinski definition) is 6. The maximum absolute atomic E-state index is 5.72. The molecule has 2 unspecified atom stereocenters. The minimum atomic E-state index is 0.152. The maximum atomic E-state index is 5.72. The van der Waals surface area contributed by atoms with Crippen molar-refractivity contribution in [3.8, 4) is 11.5 Å². The lowest BCUT2D eigenvalue weighted by Gasteiger charge is -2.34. The quantitative estimate of drug-likeness (QED) is 0.509. The van der Waals surface area contributed by atoms with Gasteiger partial charge in [0.05, 0.1) is 46.6 Å². The molecule has 32 heavy (non-hydrogen) atoms. The Kier molecular flexibility index (Phi) is 7.75. The zero-order valence-corrected chi connectivity index (χ0v) is 19.8. The third-order valence-corrected chi connectivity index (χ3v) is 6.95. The van der Waals surface area contributed by atoms with Crippen LogP contribution in [0.2, 0.25) is 0 Å². The third-order valence-electron chi connectivity index (χ3n) is 6.95. The van der Waals surface area contributed by atoms with Crippen molar-refractivity contribution < 1.29 is 18.9 Å². The van der Waals surface area contributed by atoms with Crippen LogP contribution in [0.15, 0.2) is 23.2 Å². The van der Waals surface area contributed by atoms with E-state index in [2.05, 4.69) is 34.2 Å². The first-order chi connectivity index (χ1) is 15.7. The summed E-state index contributed by atoms with van der Waals surface area (Å²) in [6, 6.07) is 6.35. The van der Waals surface area contributed by atoms with Crippen molar-refractivity contribution >= 4 is 5.96 Å². The fourth-order valence-electron chi connectivity index (χ4n) is 5.07. The van der Waals surface area contributed by atoms with Crippen LogP contribution < -0.4 is 14.8 Å². The highest BCUT2D eigenvalue weighted by atomic mass is 16.5. The smallest absolute Gasteiger partial charge is 0.194 e. The molecule has 0 aliphatic carbocycles. The zero-order chi connectivity index (χ0) is 22.4. The van der Waals surface area contributed by atoms with Gasteiger partial charge in [0.2, 0.25) is 0 Å². The predicted octanol–water partition coefficient (Wildman–Crippen LogP) is 2.16. The van der Waals surface area contributed by atoms with Gasteiger partial charge in [-0.05, 0) is 37.5 Å². The number of ether oxygens (including phenoxy) is 4. The minimum absolute atomic E-state index is 0.152. The number of nitrogens with zero attached hydrogens (tertiary/aromatic N) is 3. The highest BCUT2D eigenvalue weighted by Crippen LogP contribution is 2.38. The van der Waals surface area contributed by atoms with Crippen molar-refractivity contribution in [2.24, 2.45) is 10.4 Å². The summed E-state index contributed by atoms with van der Waals surface area (Å²) >= 11 is 0. The summed E-state index contributed by atoms with van der Waals surface area (Å²) in [6.07, 6.45) is 2.34. The molecule has 4 rings (SSSR count). The molecule has 1 aromatic carbocycles. The molecule has 8 nitrogen and oxygen atoms in total. The molecule has 178 valence electrons. The molecule has 3 heterocycles.